The van der Waals surface area contributed by atoms with E-state index in [1.54, 1.807) is 24.5 Å². The predicted molar refractivity (Wildman–Crippen MR) is 81.2 cm³/mol. The Hall–Kier alpha value is -1.55. The molecule has 3 rings (SSSR count). The fraction of sp³-hybridized carbons (Fsp3) is 0.133. The summed E-state index contributed by atoms with van der Waals surface area (Å²) >= 11 is 12.1. The number of aliphatic hydroxyl groups excluding tert-OH is 1. The number of aromatic nitrogens is 2. The minimum atomic E-state index is -0.737. The molecule has 0 saturated heterocycles. The number of fused-ring (bicyclic) bond motifs is 1. The zero-order valence-electron chi connectivity index (χ0n) is 10.5. The Labute approximate surface area is 126 Å². The Bertz CT molecular complexity index is 754. The summed E-state index contributed by atoms with van der Waals surface area (Å²) in [7, 11) is 0. The van der Waals surface area contributed by atoms with Gasteiger partial charge in [-0.1, -0.05) is 47.5 Å². The van der Waals surface area contributed by atoms with Crippen LogP contribution in [0.5, 0.6) is 0 Å². The SMILES string of the molecule is OC(Cn1cnc2ccccc21)c1cccc(Cl)c1Cl. The number of hydrogen-bond acceptors (Lipinski definition) is 2. The minimum Gasteiger partial charge on any atom is -0.386 e. The van der Waals surface area contributed by atoms with Crippen molar-refractivity contribution in [1.29, 1.82) is 0 Å². The van der Waals surface area contributed by atoms with E-state index >= 15 is 0 Å². The van der Waals surface area contributed by atoms with Crippen LogP contribution in [0.25, 0.3) is 11.0 Å². The van der Waals surface area contributed by atoms with Gasteiger partial charge < -0.3 is 9.67 Å². The van der Waals surface area contributed by atoms with Crippen molar-refractivity contribution in [1.82, 2.24) is 9.55 Å². The quantitative estimate of drug-likeness (QED) is 0.792. The lowest BCUT2D eigenvalue weighted by Crippen LogP contribution is -2.08. The van der Waals surface area contributed by atoms with Gasteiger partial charge in [0.1, 0.15) is 0 Å². The number of aliphatic hydroxyl groups is 1. The summed E-state index contributed by atoms with van der Waals surface area (Å²) in [5.41, 5.74) is 2.50. The van der Waals surface area contributed by atoms with Crippen LogP contribution in [-0.4, -0.2) is 14.7 Å². The predicted octanol–water partition coefficient (Wildman–Crippen LogP) is 4.08. The van der Waals surface area contributed by atoms with Gasteiger partial charge in [-0.05, 0) is 18.2 Å². The van der Waals surface area contributed by atoms with E-state index in [1.807, 2.05) is 28.8 Å². The molecule has 1 N–H and O–H groups in total. The van der Waals surface area contributed by atoms with Crippen LogP contribution < -0.4 is 0 Å². The van der Waals surface area contributed by atoms with E-state index in [0.717, 1.165) is 11.0 Å². The number of halogens is 2. The van der Waals surface area contributed by atoms with Crippen molar-refractivity contribution in [3.8, 4) is 0 Å². The monoisotopic (exact) mass is 306 g/mol. The number of nitrogens with zero attached hydrogens (tertiary/aromatic N) is 2. The van der Waals surface area contributed by atoms with Gasteiger partial charge in [0.25, 0.3) is 0 Å². The molecule has 0 radical (unpaired) electrons. The maximum atomic E-state index is 10.4. The second-order valence-electron chi connectivity index (χ2n) is 4.54. The van der Waals surface area contributed by atoms with E-state index in [-0.39, 0.29) is 0 Å². The minimum absolute atomic E-state index is 0.376. The summed E-state index contributed by atoms with van der Waals surface area (Å²) in [5, 5.41) is 11.2. The third kappa shape index (κ3) is 2.40. The highest BCUT2D eigenvalue weighted by Crippen LogP contribution is 2.31. The lowest BCUT2D eigenvalue weighted by atomic mass is 10.1. The second-order valence-corrected chi connectivity index (χ2v) is 5.33. The van der Waals surface area contributed by atoms with Crippen molar-refractivity contribution in [3.63, 3.8) is 0 Å². The summed E-state index contributed by atoms with van der Waals surface area (Å²) in [5.74, 6) is 0. The summed E-state index contributed by atoms with van der Waals surface area (Å²) < 4.78 is 1.90. The summed E-state index contributed by atoms with van der Waals surface area (Å²) in [4.78, 5) is 4.30. The third-order valence-electron chi connectivity index (χ3n) is 3.24. The molecule has 0 aliphatic heterocycles. The van der Waals surface area contributed by atoms with Gasteiger partial charge in [0.2, 0.25) is 0 Å². The van der Waals surface area contributed by atoms with Crippen molar-refractivity contribution in [2.75, 3.05) is 0 Å². The molecule has 0 bridgehead atoms. The molecule has 0 amide bonds. The van der Waals surface area contributed by atoms with Crippen LogP contribution in [0.4, 0.5) is 0 Å². The molecule has 102 valence electrons. The largest absolute Gasteiger partial charge is 0.386 e. The molecule has 0 fully saturated rings. The summed E-state index contributed by atoms with van der Waals surface area (Å²) in [6, 6.07) is 13.0. The van der Waals surface area contributed by atoms with Gasteiger partial charge in [0.05, 0.1) is 40.1 Å². The van der Waals surface area contributed by atoms with Crippen LogP contribution in [0.1, 0.15) is 11.7 Å². The van der Waals surface area contributed by atoms with Crippen molar-refractivity contribution in [2.45, 2.75) is 12.6 Å². The number of para-hydroxylation sites is 2. The van der Waals surface area contributed by atoms with Crippen LogP contribution in [0, 0.1) is 0 Å². The van der Waals surface area contributed by atoms with Gasteiger partial charge in [0, 0.05) is 5.56 Å². The molecule has 3 nitrogen and oxygen atoms in total. The topological polar surface area (TPSA) is 38.0 Å². The number of benzene rings is 2. The van der Waals surface area contributed by atoms with E-state index in [9.17, 15) is 5.11 Å². The molecule has 1 atom stereocenters. The van der Waals surface area contributed by atoms with Gasteiger partial charge in [-0.15, -0.1) is 0 Å². The van der Waals surface area contributed by atoms with Crippen LogP contribution in [-0.2, 0) is 6.54 Å². The molecule has 1 heterocycles. The van der Waals surface area contributed by atoms with Crippen molar-refractivity contribution in [2.24, 2.45) is 0 Å². The highest BCUT2D eigenvalue weighted by atomic mass is 35.5. The first-order valence-corrected chi connectivity index (χ1v) is 6.94. The molecule has 1 unspecified atom stereocenters. The number of rotatable bonds is 3. The van der Waals surface area contributed by atoms with Gasteiger partial charge in [0.15, 0.2) is 0 Å². The zero-order valence-corrected chi connectivity index (χ0v) is 12.0. The van der Waals surface area contributed by atoms with Gasteiger partial charge in [-0.3, -0.25) is 0 Å². The Kier molecular flexibility index (Phi) is 3.66. The molecule has 20 heavy (non-hydrogen) atoms. The smallest absolute Gasteiger partial charge is 0.0984 e. The molecular formula is C15H12Cl2N2O. The lowest BCUT2D eigenvalue weighted by molar-refractivity contribution is 0.158. The first-order chi connectivity index (χ1) is 9.66. The van der Waals surface area contributed by atoms with E-state index in [4.69, 9.17) is 23.2 Å². The third-order valence-corrected chi connectivity index (χ3v) is 4.07. The van der Waals surface area contributed by atoms with Crippen LogP contribution in [0.2, 0.25) is 10.0 Å². The standard InChI is InChI=1S/C15H12Cl2N2O/c16-11-5-3-4-10(15(11)17)14(20)8-19-9-18-12-6-1-2-7-13(12)19/h1-7,9,14,20H,8H2. The van der Waals surface area contributed by atoms with Crippen molar-refractivity contribution >= 4 is 34.2 Å². The fourth-order valence-electron chi connectivity index (χ4n) is 2.22. The van der Waals surface area contributed by atoms with Crippen LogP contribution >= 0.6 is 23.2 Å². The molecule has 3 aromatic rings. The Balaban J connectivity index is 1.92. The molecule has 0 aliphatic rings. The Morgan fingerprint density at radius 2 is 1.90 bits per heavy atom. The molecule has 2 aromatic carbocycles. The highest BCUT2D eigenvalue weighted by Gasteiger charge is 2.15. The normalized spacial score (nSPS) is 12.8. The maximum Gasteiger partial charge on any atom is 0.0984 e. The molecule has 1 aromatic heterocycles. The van der Waals surface area contributed by atoms with Gasteiger partial charge in [-0.25, -0.2) is 4.98 Å². The average Bonchev–Trinajstić information content (AvgIpc) is 2.85. The van der Waals surface area contributed by atoms with Crippen LogP contribution in [0.15, 0.2) is 48.8 Å². The zero-order chi connectivity index (χ0) is 14.1. The Morgan fingerprint density at radius 1 is 1.10 bits per heavy atom. The second kappa shape index (κ2) is 5.44. The summed E-state index contributed by atoms with van der Waals surface area (Å²) in [6.45, 7) is 0.376. The fourth-order valence-corrected chi connectivity index (χ4v) is 2.65. The van der Waals surface area contributed by atoms with E-state index in [1.165, 1.54) is 0 Å². The van der Waals surface area contributed by atoms with Crippen molar-refractivity contribution < 1.29 is 5.11 Å². The molecular weight excluding hydrogens is 295 g/mol. The first-order valence-electron chi connectivity index (χ1n) is 6.18. The van der Waals surface area contributed by atoms with Gasteiger partial charge >= 0.3 is 0 Å². The molecule has 5 heteroatoms. The highest BCUT2D eigenvalue weighted by molar-refractivity contribution is 6.42. The molecule has 0 aliphatic carbocycles. The maximum absolute atomic E-state index is 10.4. The van der Waals surface area contributed by atoms with E-state index in [2.05, 4.69) is 4.98 Å². The molecule has 0 saturated carbocycles. The number of imidazole rings is 1. The molecule has 0 spiro atoms. The van der Waals surface area contributed by atoms with Gasteiger partial charge in [-0.2, -0.15) is 0 Å². The Morgan fingerprint density at radius 3 is 2.75 bits per heavy atom. The average molecular weight is 307 g/mol. The van der Waals surface area contributed by atoms with E-state index in [0.29, 0.717) is 22.2 Å². The van der Waals surface area contributed by atoms with Crippen LogP contribution in [0.3, 0.4) is 0 Å². The summed E-state index contributed by atoms with van der Waals surface area (Å²) in [6.07, 6.45) is 0.977. The van der Waals surface area contributed by atoms with Crippen molar-refractivity contribution in [3.05, 3.63) is 64.4 Å². The number of hydrogen-bond donors (Lipinski definition) is 1. The lowest BCUT2D eigenvalue weighted by Gasteiger charge is -2.14. The van der Waals surface area contributed by atoms with E-state index < -0.39 is 6.10 Å². The first kappa shape index (κ1) is 13.4.